The lowest BCUT2D eigenvalue weighted by atomic mass is 10.2. The van der Waals surface area contributed by atoms with Crippen LogP contribution in [0.1, 0.15) is 0 Å². The molecule has 0 N–H and O–H groups in total. The van der Waals surface area contributed by atoms with Gasteiger partial charge in [0.15, 0.2) is 0 Å². The SMILES string of the molecule is Cn1cnc2cc(Oc3ccc([N+](=O)[O-])c(Cl)c3Cl)ccc21. The molecule has 0 unspecified atom stereocenters. The van der Waals surface area contributed by atoms with Crippen molar-refractivity contribution >= 4 is 39.9 Å². The van der Waals surface area contributed by atoms with Gasteiger partial charge in [0.1, 0.15) is 21.5 Å². The van der Waals surface area contributed by atoms with E-state index in [9.17, 15) is 10.1 Å². The number of aryl methyl sites for hydroxylation is 1. The minimum atomic E-state index is -0.599. The van der Waals surface area contributed by atoms with Gasteiger partial charge < -0.3 is 9.30 Å². The lowest BCUT2D eigenvalue weighted by Gasteiger charge is -2.09. The molecule has 1 aromatic heterocycles. The highest BCUT2D eigenvalue weighted by Gasteiger charge is 2.19. The van der Waals surface area contributed by atoms with E-state index in [2.05, 4.69) is 4.98 Å². The fourth-order valence-corrected chi connectivity index (χ4v) is 2.47. The first-order valence-electron chi connectivity index (χ1n) is 6.18. The zero-order valence-corrected chi connectivity index (χ0v) is 12.8. The van der Waals surface area contributed by atoms with E-state index in [1.807, 2.05) is 17.7 Å². The number of ether oxygens (including phenoxy) is 1. The van der Waals surface area contributed by atoms with E-state index in [0.717, 1.165) is 11.0 Å². The van der Waals surface area contributed by atoms with Crippen molar-refractivity contribution in [1.82, 2.24) is 9.55 Å². The molecule has 0 bridgehead atoms. The zero-order valence-electron chi connectivity index (χ0n) is 11.3. The van der Waals surface area contributed by atoms with E-state index in [1.54, 1.807) is 18.5 Å². The first-order chi connectivity index (χ1) is 10.5. The molecular weight excluding hydrogens is 329 g/mol. The van der Waals surface area contributed by atoms with Crippen LogP contribution in [0.4, 0.5) is 5.69 Å². The van der Waals surface area contributed by atoms with Crippen LogP contribution in [0.15, 0.2) is 36.7 Å². The first-order valence-corrected chi connectivity index (χ1v) is 6.94. The topological polar surface area (TPSA) is 70.2 Å². The van der Waals surface area contributed by atoms with E-state index in [1.165, 1.54) is 12.1 Å². The number of nitrogens with zero attached hydrogens (tertiary/aromatic N) is 3. The zero-order chi connectivity index (χ0) is 15.9. The molecule has 0 radical (unpaired) electrons. The van der Waals surface area contributed by atoms with Gasteiger partial charge in [-0.25, -0.2) is 4.98 Å². The van der Waals surface area contributed by atoms with E-state index < -0.39 is 4.92 Å². The molecule has 0 aliphatic carbocycles. The summed E-state index contributed by atoms with van der Waals surface area (Å²) in [6.07, 6.45) is 1.70. The summed E-state index contributed by atoms with van der Waals surface area (Å²) in [5.74, 6) is 0.755. The second kappa shape index (κ2) is 5.47. The third kappa shape index (κ3) is 2.47. The van der Waals surface area contributed by atoms with Crippen LogP contribution in [0.5, 0.6) is 11.5 Å². The minimum Gasteiger partial charge on any atom is -0.456 e. The predicted octanol–water partition coefficient (Wildman–Crippen LogP) is 4.58. The van der Waals surface area contributed by atoms with Gasteiger partial charge in [0, 0.05) is 19.2 Å². The fourth-order valence-electron chi connectivity index (χ4n) is 2.05. The van der Waals surface area contributed by atoms with Crippen molar-refractivity contribution in [3.8, 4) is 11.5 Å². The molecule has 22 heavy (non-hydrogen) atoms. The average molecular weight is 338 g/mol. The Kier molecular flexibility index (Phi) is 3.64. The molecule has 2 aromatic carbocycles. The van der Waals surface area contributed by atoms with Crippen LogP contribution in [-0.2, 0) is 7.05 Å². The standard InChI is InChI=1S/C14H9Cl2N3O3/c1-18-7-17-9-6-8(2-3-10(9)18)22-12-5-4-11(19(20)21)13(15)14(12)16/h2-7H,1H3. The molecule has 0 saturated carbocycles. The van der Waals surface area contributed by atoms with Gasteiger partial charge in [-0.05, 0) is 18.2 Å². The lowest BCUT2D eigenvalue weighted by molar-refractivity contribution is -0.384. The molecule has 0 saturated heterocycles. The van der Waals surface area contributed by atoms with Crippen molar-refractivity contribution in [1.29, 1.82) is 0 Å². The van der Waals surface area contributed by atoms with Crippen LogP contribution < -0.4 is 4.74 Å². The van der Waals surface area contributed by atoms with E-state index >= 15 is 0 Å². The second-order valence-corrected chi connectivity index (χ2v) is 5.33. The summed E-state index contributed by atoms with van der Waals surface area (Å²) in [5.41, 5.74) is 1.46. The third-order valence-electron chi connectivity index (χ3n) is 3.15. The van der Waals surface area contributed by atoms with Crippen molar-refractivity contribution in [2.75, 3.05) is 0 Å². The molecule has 6 nitrogen and oxygen atoms in total. The van der Waals surface area contributed by atoms with Crippen LogP contribution in [0, 0.1) is 10.1 Å². The Hall–Kier alpha value is -2.31. The summed E-state index contributed by atoms with van der Waals surface area (Å²) in [5, 5.41) is 10.7. The molecule has 0 atom stereocenters. The Bertz CT molecular complexity index is 892. The Morgan fingerprint density at radius 1 is 1.23 bits per heavy atom. The van der Waals surface area contributed by atoms with Crippen molar-refractivity contribution in [3.05, 3.63) is 56.8 Å². The highest BCUT2D eigenvalue weighted by Crippen LogP contribution is 2.40. The van der Waals surface area contributed by atoms with Crippen molar-refractivity contribution in [2.45, 2.75) is 0 Å². The fraction of sp³-hybridized carbons (Fsp3) is 0.0714. The van der Waals surface area contributed by atoms with Crippen LogP contribution in [0.25, 0.3) is 11.0 Å². The Morgan fingerprint density at radius 3 is 2.73 bits per heavy atom. The molecule has 112 valence electrons. The van der Waals surface area contributed by atoms with Gasteiger partial charge in [0.2, 0.25) is 0 Å². The summed E-state index contributed by atoms with van der Waals surface area (Å²) in [7, 11) is 1.89. The summed E-state index contributed by atoms with van der Waals surface area (Å²) < 4.78 is 7.54. The van der Waals surface area contributed by atoms with E-state index in [4.69, 9.17) is 27.9 Å². The number of nitro benzene ring substituents is 1. The first kappa shape index (κ1) is 14.6. The molecule has 0 fully saturated rings. The largest absolute Gasteiger partial charge is 0.456 e. The maximum absolute atomic E-state index is 10.8. The van der Waals surface area contributed by atoms with Crippen molar-refractivity contribution in [2.24, 2.45) is 7.05 Å². The van der Waals surface area contributed by atoms with Crippen molar-refractivity contribution in [3.63, 3.8) is 0 Å². The van der Waals surface area contributed by atoms with Crippen LogP contribution >= 0.6 is 23.2 Å². The molecule has 0 aliphatic rings. The van der Waals surface area contributed by atoms with Gasteiger partial charge in [0.25, 0.3) is 5.69 Å². The van der Waals surface area contributed by atoms with Crippen molar-refractivity contribution < 1.29 is 9.66 Å². The molecule has 3 aromatic rings. The summed E-state index contributed by atoms with van der Waals surface area (Å²) >= 11 is 11.9. The molecule has 0 aliphatic heterocycles. The Labute approximate surface area is 135 Å². The Balaban J connectivity index is 1.97. The number of hydrogen-bond acceptors (Lipinski definition) is 4. The summed E-state index contributed by atoms with van der Waals surface area (Å²) in [6, 6.07) is 8.03. The summed E-state index contributed by atoms with van der Waals surface area (Å²) in [4.78, 5) is 14.4. The van der Waals surface area contributed by atoms with Crippen LogP contribution in [0.3, 0.4) is 0 Å². The maximum Gasteiger partial charge on any atom is 0.289 e. The van der Waals surface area contributed by atoms with Crippen LogP contribution in [0.2, 0.25) is 10.0 Å². The minimum absolute atomic E-state index is 0.00279. The van der Waals surface area contributed by atoms with E-state index in [0.29, 0.717) is 5.75 Å². The normalized spacial score (nSPS) is 10.9. The maximum atomic E-state index is 10.8. The summed E-state index contributed by atoms with van der Waals surface area (Å²) in [6.45, 7) is 0. The number of nitro groups is 1. The van der Waals surface area contributed by atoms with Gasteiger partial charge >= 0.3 is 0 Å². The third-order valence-corrected chi connectivity index (χ3v) is 4.00. The molecule has 3 rings (SSSR count). The molecule has 8 heteroatoms. The average Bonchev–Trinajstić information content (AvgIpc) is 2.85. The predicted molar refractivity (Wildman–Crippen MR) is 83.9 cm³/mol. The van der Waals surface area contributed by atoms with Gasteiger partial charge in [-0.2, -0.15) is 0 Å². The number of rotatable bonds is 3. The smallest absolute Gasteiger partial charge is 0.289 e. The van der Waals surface area contributed by atoms with Gasteiger partial charge in [-0.1, -0.05) is 23.2 Å². The molecule has 0 amide bonds. The molecular formula is C14H9Cl2N3O3. The van der Waals surface area contributed by atoms with Crippen LogP contribution in [-0.4, -0.2) is 14.5 Å². The Morgan fingerprint density at radius 2 is 2.00 bits per heavy atom. The lowest BCUT2D eigenvalue weighted by Crippen LogP contribution is -1.92. The van der Waals surface area contributed by atoms with Gasteiger partial charge in [-0.3, -0.25) is 10.1 Å². The number of fused-ring (bicyclic) bond motifs is 1. The number of benzene rings is 2. The quantitative estimate of drug-likeness (QED) is 0.518. The highest BCUT2D eigenvalue weighted by molar-refractivity contribution is 6.44. The monoisotopic (exact) mass is 337 g/mol. The van der Waals surface area contributed by atoms with Gasteiger partial charge in [-0.15, -0.1) is 0 Å². The van der Waals surface area contributed by atoms with E-state index in [-0.39, 0.29) is 21.5 Å². The number of hydrogen-bond donors (Lipinski definition) is 0. The number of imidazole rings is 1. The molecule has 1 heterocycles. The number of halogens is 2. The number of aromatic nitrogens is 2. The molecule has 0 spiro atoms. The van der Waals surface area contributed by atoms with Gasteiger partial charge in [0.05, 0.1) is 22.3 Å². The second-order valence-electron chi connectivity index (χ2n) is 4.58. The highest BCUT2D eigenvalue weighted by atomic mass is 35.5.